The maximum absolute atomic E-state index is 12.2. The van der Waals surface area contributed by atoms with Crippen LogP contribution >= 0.6 is 11.8 Å². The second kappa shape index (κ2) is 6.75. The maximum Gasteiger partial charge on any atom is 0.173 e. The number of Topliss-reactive ketones (excluding diaryl/α,β-unsaturated/α-hetero) is 1. The minimum absolute atomic E-state index is 0.141. The molecule has 0 N–H and O–H groups in total. The topological polar surface area (TPSA) is 30.0 Å². The summed E-state index contributed by atoms with van der Waals surface area (Å²) in [5.74, 6) is 0.555. The van der Waals surface area contributed by atoms with E-state index in [0.29, 0.717) is 5.75 Å². The van der Waals surface area contributed by atoms with Crippen molar-refractivity contribution in [1.29, 1.82) is 0 Å². The van der Waals surface area contributed by atoms with E-state index in [4.69, 9.17) is 0 Å². The molecule has 0 saturated carbocycles. The number of carbonyl (C=O) groups is 1. The largest absolute Gasteiger partial charge is 0.293 e. The number of thioether (sulfide) groups is 1. The Morgan fingerprint density at radius 2 is 1.77 bits per heavy atom. The molecule has 1 heterocycles. The van der Waals surface area contributed by atoms with Crippen LogP contribution in [0.25, 0.3) is 10.9 Å². The third-order valence-electron chi connectivity index (χ3n) is 3.61. The number of fused-ring (bicyclic) bond motifs is 1. The van der Waals surface area contributed by atoms with Crippen molar-refractivity contribution >= 4 is 28.4 Å². The molecule has 2 nitrogen and oxygen atoms in total. The molecular weight excluding hydrogens is 290 g/mol. The van der Waals surface area contributed by atoms with Gasteiger partial charge in [-0.25, -0.2) is 4.98 Å². The van der Waals surface area contributed by atoms with Gasteiger partial charge < -0.3 is 0 Å². The lowest BCUT2D eigenvalue weighted by Gasteiger charge is -2.04. The highest BCUT2D eigenvalue weighted by Gasteiger charge is 2.07. The molecule has 0 saturated heterocycles. The minimum Gasteiger partial charge on any atom is -0.293 e. The molecule has 0 radical (unpaired) electrons. The van der Waals surface area contributed by atoms with Crippen LogP contribution in [0.2, 0.25) is 0 Å². The fourth-order valence-corrected chi connectivity index (χ4v) is 3.05. The summed E-state index contributed by atoms with van der Waals surface area (Å²) in [7, 11) is 0. The summed E-state index contributed by atoms with van der Waals surface area (Å²) in [5, 5.41) is 2.01. The molecule has 0 aliphatic carbocycles. The van der Waals surface area contributed by atoms with Gasteiger partial charge in [-0.1, -0.05) is 67.2 Å². The van der Waals surface area contributed by atoms with Crippen LogP contribution in [-0.4, -0.2) is 16.5 Å². The van der Waals surface area contributed by atoms with Crippen molar-refractivity contribution in [2.45, 2.75) is 18.4 Å². The van der Waals surface area contributed by atoms with E-state index in [1.54, 1.807) is 0 Å². The molecule has 2 aromatic carbocycles. The number of rotatable bonds is 5. The van der Waals surface area contributed by atoms with Gasteiger partial charge in [-0.05, 0) is 24.1 Å². The zero-order valence-electron chi connectivity index (χ0n) is 12.5. The lowest BCUT2D eigenvalue weighted by Crippen LogP contribution is -2.02. The molecule has 0 spiro atoms. The number of aromatic nitrogens is 1. The summed E-state index contributed by atoms with van der Waals surface area (Å²) in [4.78, 5) is 16.8. The highest BCUT2D eigenvalue weighted by atomic mass is 32.2. The lowest BCUT2D eigenvalue weighted by atomic mass is 10.1. The first-order valence-corrected chi connectivity index (χ1v) is 8.35. The first kappa shape index (κ1) is 14.8. The van der Waals surface area contributed by atoms with E-state index in [0.717, 1.165) is 27.9 Å². The standard InChI is InChI=1S/C19H17NOS/c1-2-14-7-9-16(10-8-14)18(21)13-22-19-12-11-15-5-3-4-6-17(15)20-19/h3-12H,2,13H2,1H3. The van der Waals surface area contributed by atoms with Crippen molar-refractivity contribution in [2.75, 3.05) is 5.75 Å². The molecular formula is C19H17NOS. The minimum atomic E-state index is 0.141. The van der Waals surface area contributed by atoms with E-state index in [1.807, 2.05) is 60.7 Å². The van der Waals surface area contributed by atoms with Crippen molar-refractivity contribution in [3.05, 3.63) is 71.8 Å². The van der Waals surface area contributed by atoms with Gasteiger partial charge in [0, 0.05) is 10.9 Å². The lowest BCUT2D eigenvalue weighted by molar-refractivity contribution is 0.102. The highest BCUT2D eigenvalue weighted by molar-refractivity contribution is 7.99. The fourth-order valence-electron chi connectivity index (χ4n) is 2.28. The summed E-state index contributed by atoms with van der Waals surface area (Å²) in [6.07, 6.45) is 0.990. The third-order valence-corrected chi connectivity index (χ3v) is 4.54. The van der Waals surface area contributed by atoms with Crippen LogP contribution in [0.1, 0.15) is 22.8 Å². The Hall–Kier alpha value is -2.13. The zero-order valence-corrected chi connectivity index (χ0v) is 13.3. The first-order chi connectivity index (χ1) is 10.8. The van der Waals surface area contributed by atoms with Gasteiger partial charge in [0.15, 0.2) is 5.78 Å². The van der Waals surface area contributed by atoms with E-state index in [9.17, 15) is 4.79 Å². The molecule has 0 aliphatic heterocycles. The van der Waals surface area contributed by atoms with Gasteiger partial charge in [0.25, 0.3) is 0 Å². The Labute approximate surface area is 134 Å². The average Bonchev–Trinajstić information content (AvgIpc) is 2.59. The fraction of sp³-hybridized carbons (Fsp3) is 0.158. The number of pyridine rings is 1. The van der Waals surface area contributed by atoms with Crippen LogP contribution in [-0.2, 0) is 6.42 Å². The molecule has 0 aliphatic rings. The molecule has 0 unspecified atom stereocenters. The first-order valence-electron chi connectivity index (χ1n) is 7.37. The summed E-state index contributed by atoms with van der Waals surface area (Å²) < 4.78 is 0. The van der Waals surface area contributed by atoms with Crippen molar-refractivity contribution < 1.29 is 4.79 Å². The van der Waals surface area contributed by atoms with Gasteiger partial charge >= 0.3 is 0 Å². The van der Waals surface area contributed by atoms with Crippen LogP contribution in [0, 0.1) is 0 Å². The molecule has 3 heteroatoms. The summed E-state index contributed by atoms with van der Waals surface area (Å²) in [6, 6.07) is 19.9. The van der Waals surface area contributed by atoms with Crippen LogP contribution in [0.15, 0.2) is 65.7 Å². The van der Waals surface area contributed by atoms with Gasteiger partial charge in [0.05, 0.1) is 16.3 Å². The number of ketones is 1. The molecule has 0 bridgehead atoms. The highest BCUT2D eigenvalue weighted by Crippen LogP contribution is 2.21. The van der Waals surface area contributed by atoms with Crippen molar-refractivity contribution in [1.82, 2.24) is 4.98 Å². The molecule has 110 valence electrons. The number of hydrogen-bond donors (Lipinski definition) is 0. The molecule has 0 fully saturated rings. The second-order valence-electron chi connectivity index (χ2n) is 5.10. The monoisotopic (exact) mass is 307 g/mol. The molecule has 22 heavy (non-hydrogen) atoms. The number of nitrogens with zero attached hydrogens (tertiary/aromatic N) is 1. The van der Waals surface area contributed by atoms with Crippen LogP contribution in [0.3, 0.4) is 0 Å². The van der Waals surface area contributed by atoms with Crippen LogP contribution < -0.4 is 0 Å². The Balaban J connectivity index is 1.68. The van der Waals surface area contributed by atoms with Crippen molar-refractivity contribution in [3.63, 3.8) is 0 Å². The SMILES string of the molecule is CCc1ccc(C(=O)CSc2ccc3ccccc3n2)cc1. The van der Waals surface area contributed by atoms with Crippen molar-refractivity contribution in [2.24, 2.45) is 0 Å². The molecule has 3 rings (SSSR count). The van der Waals surface area contributed by atoms with E-state index in [1.165, 1.54) is 17.3 Å². The van der Waals surface area contributed by atoms with Gasteiger partial charge in [0.2, 0.25) is 0 Å². The summed E-state index contributed by atoms with van der Waals surface area (Å²) >= 11 is 1.49. The number of carbonyl (C=O) groups excluding carboxylic acids is 1. The van der Waals surface area contributed by atoms with Gasteiger partial charge in [-0.15, -0.1) is 0 Å². The maximum atomic E-state index is 12.2. The van der Waals surface area contributed by atoms with E-state index < -0.39 is 0 Å². The van der Waals surface area contributed by atoms with Crippen molar-refractivity contribution in [3.8, 4) is 0 Å². The Morgan fingerprint density at radius 1 is 1.00 bits per heavy atom. The number of aryl methyl sites for hydroxylation is 1. The third kappa shape index (κ3) is 3.37. The van der Waals surface area contributed by atoms with E-state index in [-0.39, 0.29) is 5.78 Å². The predicted molar refractivity (Wildman–Crippen MR) is 92.6 cm³/mol. The average molecular weight is 307 g/mol. The van der Waals surface area contributed by atoms with Gasteiger partial charge in [0.1, 0.15) is 0 Å². The molecule has 0 atom stereocenters. The Kier molecular flexibility index (Phi) is 4.54. The second-order valence-corrected chi connectivity index (χ2v) is 6.10. The Bertz CT molecular complexity index is 796. The molecule has 3 aromatic rings. The molecule has 0 amide bonds. The normalized spacial score (nSPS) is 10.8. The number of benzene rings is 2. The van der Waals surface area contributed by atoms with Crippen LogP contribution in [0.5, 0.6) is 0 Å². The number of hydrogen-bond acceptors (Lipinski definition) is 3. The molecule has 1 aromatic heterocycles. The summed E-state index contributed by atoms with van der Waals surface area (Å²) in [5.41, 5.74) is 2.98. The Morgan fingerprint density at radius 3 is 2.55 bits per heavy atom. The van der Waals surface area contributed by atoms with Gasteiger partial charge in [-0.2, -0.15) is 0 Å². The predicted octanol–water partition coefficient (Wildman–Crippen LogP) is 4.77. The van der Waals surface area contributed by atoms with E-state index >= 15 is 0 Å². The van der Waals surface area contributed by atoms with E-state index in [2.05, 4.69) is 11.9 Å². The number of para-hydroxylation sites is 1. The van der Waals surface area contributed by atoms with Crippen LogP contribution in [0.4, 0.5) is 0 Å². The quantitative estimate of drug-likeness (QED) is 0.502. The smallest absolute Gasteiger partial charge is 0.173 e. The van der Waals surface area contributed by atoms with Gasteiger partial charge in [-0.3, -0.25) is 4.79 Å². The zero-order chi connectivity index (χ0) is 15.4. The summed E-state index contributed by atoms with van der Waals surface area (Å²) in [6.45, 7) is 2.11.